The molecule has 1 rings (SSSR count). The monoisotopic (exact) mass is 242 g/mol. The molecule has 0 aliphatic carbocycles. The second kappa shape index (κ2) is 7.19. The van der Waals surface area contributed by atoms with Gasteiger partial charge in [-0.15, -0.1) is 0 Å². The molecular formula is C10H18N4OS. The maximum atomic E-state index is 5.20. The molecule has 0 aromatic carbocycles. The van der Waals surface area contributed by atoms with Gasteiger partial charge in [-0.3, -0.25) is 0 Å². The lowest BCUT2D eigenvalue weighted by atomic mass is 10.3. The van der Waals surface area contributed by atoms with Crippen LogP contribution in [0.1, 0.15) is 18.4 Å². The average Bonchev–Trinajstić information content (AvgIpc) is 2.64. The third kappa shape index (κ3) is 4.59. The molecule has 0 saturated carbocycles. The molecule has 0 unspecified atom stereocenters. The molecule has 0 radical (unpaired) electrons. The Labute approximate surface area is 101 Å². The van der Waals surface area contributed by atoms with Crippen molar-refractivity contribution in [3.05, 3.63) is 17.8 Å². The number of rotatable bonds is 6. The van der Waals surface area contributed by atoms with Gasteiger partial charge in [-0.1, -0.05) is 0 Å². The first-order valence-electron chi connectivity index (χ1n) is 5.35. The van der Waals surface area contributed by atoms with E-state index < -0.39 is 0 Å². The standard InChI is InChI=1S/C10H18N4OS/c1-3-12-10(16)13-5-4-11-6-9-8(2)14-7-15-9/h7,11H,3-6H2,1-2H3,(H2,12,13,16). The summed E-state index contributed by atoms with van der Waals surface area (Å²) in [6.45, 7) is 7.10. The third-order valence-corrected chi connectivity index (χ3v) is 2.34. The summed E-state index contributed by atoms with van der Waals surface area (Å²) in [5.74, 6) is 0.884. The molecule has 0 spiro atoms. The molecule has 6 heteroatoms. The van der Waals surface area contributed by atoms with Gasteiger partial charge in [0.15, 0.2) is 11.5 Å². The van der Waals surface area contributed by atoms with Crippen LogP contribution in [0.5, 0.6) is 0 Å². The van der Waals surface area contributed by atoms with E-state index in [1.807, 2.05) is 13.8 Å². The molecule has 0 aliphatic rings. The second-order valence-electron chi connectivity index (χ2n) is 3.32. The highest BCUT2D eigenvalue weighted by Gasteiger charge is 2.01. The van der Waals surface area contributed by atoms with Crippen LogP contribution in [0.4, 0.5) is 0 Å². The topological polar surface area (TPSA) is 62.1 Å². The molecule has 1 heterocycles. The molecule has 5 nitrogen and oxygen atoms in total. The lowest BCUT2D eigenvalue weighted by molar-refractivity contribution is 0.477. The molecular weight excluding hydrogens is 224 g/mol. The number of oxazole rings is 1. The number of aromatic nitrogens is 1. The molecule has 0 saturated heterocycles. The maximum Gasteiger partial charge on any atom is 0.181 e. The first-order chi connectivity index (χ1) is 7.74. The summed E-state index contributed by atoms with van der Waals surface area (Å²) < 4.78 is 5.20. The van der Waals surface area contributed by atoms with Crippen molar-refractivity contribution in [3.63, 3.8) is 0 Å². The molecule has 0 bridgehead atoms. The van der Waals surface area contributed by atoms with Gasteiger partial charge in [0.25, 0.3) is 0 Å². The van der Waals surface area contributed by atoms with E-state index in [9.17, 15) is 0 Å². The summed E-state index contributed by atoms with van der Waals surface area (Å²) in [7, 11) is 0. The van der Waals surface area contributed by atoms with E-state index in [2.05, 4.69) is 20.9 Å². The van der Waals surface area contributed by atoms with Gasteiger partial charge in [0.05, 0.1) is 12.2 Å². The Morgan fingerprint density at radius 3 is 2.88 bits per heavy atom. The largest absolute Gasteiger partial charge is 0.447 e. The van der Waals surface area contributed by atoms with Gasteiger partial charge in [0, 0.05) is 19.6 Å². The van der Waals surface area contributed by atoms with Gasteiger partial charge in [-0.05, 0) is 26.1 Å². The summed E-state index contributed by atoms with van der Waals surface area (Å²) in [5.41, 5.74) is 0.934. The zero-order chi connectivity index (χ0) is 11.8. The molecule has 90 valence electrons. The van der Waals surface area contributed by atoms with Gasteiger partial charge < -0.3 is 20.4 Å². The van der Waals surface area contributed by atoms with Gasteiger partial charge in [0.1, 0.15) is 5.76 Å². The van der Waals surface area contributed by atoms with Crippen LogP contribution in [0.25, 0.3) is 0 Å². The Hall–Kier alpha value is -1.14. The Bertz CT molecular complexity index is 326. The van der Waals surface area contributed by atoms with Crippen LogP contribution in [-0.2, 0) is 6.54 Å². The minimum atomic E-state index is 0.695. The van der Waals surface area contributed by atoms with Crippen molar-refractivity contribution in [3.8, 4) is 0 Å². The first kappa shape index (κ1) is 12.9. The number of hydrogen-bond donors (Lipinski definition) is 3. The van der Waals surface area contributed by atoms with Crippen molar-refractivity contribution in [2.75, 3.05) is 19.6 Å². The van der Waals surface area contributed by atoms with E-state index in [0.29, 0.717) is 11.7 Å². The number of thiocarbonyl (C=S) groups is 1. The van der Waals surface area contributed by atoms with Crippen molar-refractivity contribution < 1.29 is 4.42 Å². The maximum absolute atomic E-state index is 5.20. The van der Waals surface area contributed by atoms with E-state index in [1.54, 1.807) is 0 Å². The highest BCUT2D eigenvalue weighted by Crippen LogP contribution is 2.03. The highest BCUT2D eigenvalue weighted by molar-refractivity contribution is 7.80. The molecule has 16 heavy (non-hydrogen) atoms. The zero-order valence-corrected chi connectivity index (χ0v) is 10.5. The number of nitrogens with one attached hydrogen (secondary N) is 3. The van der Waals surface area contributed by atoms with E-state index in [4.69, 9.17) is 16.6 Å². The molecule has 0 atom stereocenters. The molecule has 3 N–H and O–H groups in total. The van der Waals surface area contributed by atoms with Crippen molar-refractivity contribution in [1.82, 2.24) is 20.9 Å². The van der Waals surface area contributed by atoms with Crippen LogP contribution < -0.4 is 16.0 Å². The molecule has 0 aliphatic heterocycles. The number of hydrogen-bond acceptors (Lipinski definition) is 4. The van der Waals surface area contributed by atoms with Crippen molar-refractivity contribution >= 4 is 17.3 Å². The first-order valence-corrected chi connectivity index (χ1v) is 5.76. The summed E-state index contributed by atoms with van der Waals surface area (Å²) in [5, 5.41) is 10.1. The Balaban J connectivity index is 2.04. The summed E-state index contributed by atoms with van der Waals surface area (Å²) in [4.78, 5) is 4.02. The van der Waals surface area contributed by atoms with Crippen LogP contribution in [-0.4, -0.2) is 29.7 Å². The normalized spacial score (nSPS) is 10.1. The molecule has 0 amide bonds. The minimum Gasteiger partial charge on any atom is -0.447 e. The average molecular weight is 242 g/mol. The smallest absolute Gasteiger partial charge is 0.181 e. The quantitative estimate of drug-likeness (QED) is 0.500. The Morgan fingerprint density at radius 2 is 2.25 bits per heavy atom. The molecule has 1 aromatic rings. The second-order valence-corrected chi connectivity index (χ2v) is 3.73. The lowest BCUT2D eigenvalue weighted by Crippen LogP contribution is -2.38. The van der Waals surface area contributed by atoms with Crippen molar-refractivity contribution in [2.45, 2.75) is 20.4 Å². The van der Waals surface area contributed by atoms with Gasteiger partial charge in [-0.25, -0.2) is 4.98 Å². The summed E-state index contributed by atoms with van der Waals surface area (Å²) >= 11 is 5.02. The fraction of sp³-hybridized carbons (Fsp3) is 0.600. The summed E-state index contributed by atoms with van der Waals surface area (Å²) in [6.07, 6.45) is 1.46. The number of nitrogens with zero attached hydrogens (tertiary/aromatic N) is 1. The lowest BCUT2D eigenvalue weighted by Gasteiger charge is -2.08. The van der Waals surface area contributed by atoms with E-state index >= 15 is 0 Å². The van der Waals surface area contributed by atoms with E-state index in [0.717, 1.165) is 31.1 Å². The predicted octanol–water partition coefficient (Wildman–Crippen LogP) is 0.557. The van der Waals surface area contributed by atoms with Crippen LogP contribution in [0.2, 0.25) is 0 Å². The van der Waals surface area contributed by atoms with Crippen molar-refractivity contribution in [2.24, 2.45) is 0 Å². The molecule has 0 fully saturated rings. The van der Waals surface area contributed by atoms with Crippen molar-refractivity contribution in [1.29, 1.82) is 0 Å². The zero-order valence-electron chi connectivity index (χ0n) is 9.67. The fourth-order valence-electron chi connectivity index (χ4n) is 1.19. The van der Waals surface area contributed by atoms with E-state index in [1.165, 1.54) is 6.39 Å². The molecule has 1 aromatic heterocycles. The van der Waals surface area contributed by atoms with Gasteiger partial charge in [-0.2, -0.15) is 0 Å². The minimum absolute atomic E-state index is 0.695. The van der Waals surface area contributed by atoms with Crippen LogP contribution in [0, 0.1) is 6.92 Å². The Morgan fingerprint density at radius 1 is 1.44 bits per heavy atom. The van der Waals surface area contributed by atoms with Crippen LogP contribution >= 0.6 is 12.2 Å². The number of aryl methyl sites for hydroxylation is 1. The SMILES string of the molecule is CCNC(=S)NCCNCc1ocnc1C. The van der Waals surface area contributed by atoms with E-state index in [-0.39, 0.29) is 0 Å². The highest BCUT2D eigenvalue weighted by atomic mass is 32.1. The van der Waals surface area contributed by atoms with Gasteiger partial charge >= 0.3 is 0 Å². The van der Waals surface area contributed by atoms with Gasteiger partial charge in [0.2, 0.25) is 0 Å². The van der Waals surface area contributed by atoms with Crippen LogP contribution in [0.15, 0.2) is 10.8 Å². The fourth-order valence-corrected chi connectivity index (χ4v) is 1.43. The predicted molar refractivity (Wildman–Crippen MR) is 67.2 cm³/mol. The van der Waals surface area contributed by atoms with Crippen LogP contribution in [0.3, 0.4) is 0 Å². The Kier molecular flexibility index (Phi) is 5.81. The summed E-state index contributed by atoms with van der Waals surface area (Å²) in [6, 6.07) is 0. The third-order valence-electron chi connectivity index (χ3n) is 2.06.